The zero-order valence-electron chi connectivity index (χ0n) is 19.0. The van der Waals surface area contributed by atoms with E-state index in [1.807, 2.05) is 12.1 Å². The Labute approximate surface area is 193 Å². The molecule has 0 radical (unpaired) electrons. The molecule has 0 unspecified atom stereocenters. The molecule has 0 bridgehead atoms. The number of benzene rings is 1. The molecule has 1 saturated heterocycles. The fourth-order valence-corrected chi connectivity index (χ4v) is 4.64. The Bertz CT molecular complexity index is 1010. The minimum Gasteiger partial charge on any atom is -0.493 e. The largest absolute Gasteiger partial charge is 0.493 e. The van der Waals surface area contributed by atoms with Gasteiger partial charge in [0.2, 0.25) is 5.91 Å². The number of amides is 3. The Balaban J connectivity index is 1.42. The third-order valence-electron chi connectivity index (χ3n) is 6.66. The lowest BCUT2D eigenvalue weighted by atomic mass is 9.73. The molecule has 2 aliphatic heterocycles. The number of hydrogen-bond acceptors (Lipinski definition) is 5. The number of piperidine rings is 1. The van der Waals surface area contributed by atoms with E-state index in [4.69, 9.17) is 4.74 Å². The fraction of sp³-hybridized carbons (Fsp3) is 0.500. The van der Waals surface area contributed by atoms with Crippen molar-refractivity contribution in [3.63, 3.8) is 0 Å². The molecule has 1 aromatic carbocycles. The zero-order valence-corrected chi connectivity index (χ0v) is 19.0. The summed E-state index contributed by atoms with van der Waals surface area (Å²) in [5.74, 6) is 0.310. The minimum atomic E-state index is -0.519. The first-order chi connectivity index (χ1) is 16.0. The third kappa shape index (κ3) is 5.02. The number of ether oxygens (including phenoxy) is 1. The molecule has 2 aliphatic rings. The fourth-order valence-electron chi connectivity index (χ4n) is 4.64. The van der Waals surface area contributed by atoms with Crippen LogP contribution < -0.4 is 15.4 Å². The number of aromatic nitrogens is 2. The number of carbonyl (C=O) groups is 3. The van der Waals surface area contributed by atoms with Crippen molar-refractivity contribution in [1.29, 1.82) is 0 Å². The van der Waals surface area contributed by atoms with Gasteiger partial charge in [-0.15, -0.1) is 0 Å². The summed E-state index contributed by atoms with van der Waals surface area (Å²) in [6.07, 6.45) is 5.18. The van der Waals surface area contributed by atoms with E-state index >= 15 is 0 Å². The van der Waals surface area contributed by atoms with Gasteiger partial charge in [0, 0.05) is 39.4 Å². The number of aryl methyl sites for hydroxylation is 1. The molecule has 2 N–H and O–H groups in total. The van der Waals surface area contributed by atoms with Crippen molar-refractivity contribution < 1.29 is 19.1 Å². The highest BCUT2D eigenvalue weighted by Crippen LogP contribution is 2.37. The van der Waals surface area contributed by atoms with Crippen molar-refractivity contribution in [3.05, 3.63) is 47.8 Å². The Hall–Kier alpha value is -3.36. The maximum absolute atomic E-state index is 13.2. The number of nitrogens with zero attached hydrogens (tertiary/aromatic N) is 3. The Morgan fingerprint density at radius 2 is 1.79 bits per heavy atom. The number of carbonyl (C=O) groups excluding carboxylic acids is 3. The smallest absolute Gasteiger partial charge is 0.272 e. The molecule has 3 amide bonds. The summed E-state index contributed by atoms with van der Waals surface area (Å²) in [5, 5.41) is 9.96. The molecule has 1 fully saturated rings. The van der Waals surface area contributed by atoms with Crippen molar-refractivity contribution in [3.8, 4) is 5.75 Å². The Morgan fingerprint density at radius 3 is 2.55 bits per heavy atom. The lowest BCUT2D eigenvalue weighted by Gasteiger charge is -2.41. The standard InChI is InChI=1S/C24H31N5O4/c1-28-19(8-12-27-28)22(31)29-15-10-24(11-16-29)9-4-5-17-33-20-7-3-2-6-18(20)21(30)25-13-14-26-23(24)32/h2-3,6-8,12H,4-5,9-11,13-17H2,1H3,(H,25,30)(H,26,32). The molecule has 9 heteroatoms. The molecule has 2 aromatic rings. The van der Waals surface area contributed by atoms with Gasteiger partial charge in [-0.3, -0.25) is 19.1 Å². The summed E-state index contributed by atoms with van der Waals surface area (Å²) in [5.41, 5.74) is 0.535. The number of fused-ring (bicyclic) bond motifs is 1. The molecule has 4 rings (SSSR count). The van der Waals surface area contributed by atoms with Crippen LogP contribution in [0.15, 0.2) is 36.5 Å². The van der Waals surface area contributed by atoms with E-state index in [1.165, 1.54) is 0 Å². The zero-order chi connectivity index (χ0) is 23.3. The van der Waals surface area contributed by atoms with Crippen LogP contribution in [0.4, 0.5) is 0 Å². The van der Waals surface area contributed by atoms with Crippen LogP contribution in [0, 0.1) is 5.41 Å². The van der Waals surface area contributed by atoms with Gasteiger partial charge in [0.25, 0.3) is 11.8 Å². The third-order valence-corrected chi connectivity index (χ3v) is 6.66. The highest BCUT2D eigenvalue weighted by atomic mass is 16.5. The van der Waals surface area contributed by atoms with E-state index in [2.05, 4.69) is 15.7 Å². The molecule has 9 nitrogen and oxygen atoms in total. The maximum Gasteiger partial charge on any atom is 0.272 e. The summed E-state index contributed by atoms with van der Waals surface area (Å²) in [4.78, 5) is 40.4. The van der Waals surface area contributed by atoms with Crippen molar-refractivity contribution in [2.24, 2.45) is 12.5 Å². The van der Waals surface area contributed by atoms with Gasteiger partial charge in [0.15, 0.2) is 0 Å². The van der Waals surface area contributed by atoms with Gasteiger partial charge < -0.3 is 20.3 Å². The summed E-state index contributed by atoms with van der Waals surface area (Å²) >= 11 is 0. The van der Waals surface area contributed by atoms with Gasteiger partial charge >= 0.3 is 0 Å². The second kappa shape index (κ2) is 10.1. The second-order valence-electron chi connectivity index (χ2n) is 8.73. The van der Waals surface area contributed by atoms with Crippen LogP contribution >= 0.6 is 0 Å². The van der Waals surface area contributed by atoms with E-state index < -0.39 is 5.41 Å². The lowest BCUT2D eigenvalue weighted by Crippen LogP contribution is -2.51. The van der Waals surface area contributed by atoms with Gasteiger partial charge in [0.1, 0.15) is 11.4 Å². The van der Waals surface area contributed by atoms with Crippen LogP contribution in [0.3, 0.4) is 0 Å². The first kappa shape index (κ1) is 22.8. The molecule has 33 heavy (non-hydrogen) atoms. The first-order valence-electron chi connectivity index (χ1n) is 11.6. The summed E-state index contributed by atoms with van der Waals surface area (Å²) in [6, 6.07) is 8.92. The quantitative estimate of drug-likeness (QED) is 0.684. The first-order valence-corrected chi connectivity index (χ1v) is 11.6. The van der Waals surface area contributed by atoms with Gasteiger partial charge in [-0.05, 0) is 50.3 Å². The molecule has 1 spiro atoms. The van der Waals surface area contributed by atoms with Gasteiger partial charge in [0.05, 0.1) is 17.6 Å². The van der Waals surface area contributed by atoms with Crippen LogP contribution in [0.5, 0.6) is 5.75 Å². The average molecular weight is 454 g/mol. The monoisotopic (exact) mass is 453 g/mol. The summed E-state index contributed by atoms with van der Waals surface area (Å²) < 4.78 is 7.46. The van der Waals surface area contributed by atoms with Crippen LogP contribution in [0.2, 0.25) is 0 Å². The number of rotatable bonds is 1. The summed E-state index contributed by atoms with van der Waals surface area (Å²) in [6.45, 7) is 2.22. The maximum atomic E-state index is 13.2. The molecule has 0 saturated carbocycles. The van der Waals surface area contributed by atoms with E-state index in [0.717, 1.165) is 19.3 Å². The molecule has 3 heterocycles. The van der Waals surface area contributed by atoms with Crippen molar-refractivity contribution in [2.75, 3.05) is 32.8 Å². The van der Waals surface area contributed by atoms with Crippen LogP contribution in [-0.2, 0) is 11.8 Å². The topological polar surface area (TPSA) is 106 Å². The Morgan fingerprint density at radius 1 is 1.03 bits per heavy atom. The van der Waals surface area contributed by atoms with Crippen LogP contribution in [0.1, 0.15) is 53.0 Å². The SMILES string of the molecule is Cn1nccc1C(=O)N1CCC2(CCCCOc3ccccc3C(=O)NCCNC2=O)CC1. The van der Waals surface area contributed by atoms with E-state index in [9.17, 15) is 14.4 Å². The van der Waals surface area contributed by atoms with Crippen LogP contribution in [-0.4, -0.2) is 65.2 Å². The Kier molecular flexibility index (Phi) is 6.96. The lowest BCUT2D eigenvalue weighted by molar-refractivity contribution is -0.134. The molecule has 0 atom stereocenters. The highest BCUT2D eigenvalue weighted by molar-refractivity contribution is 5.97. The average Bonchev–Trinajstić information content (AvgIpc) is 3.26. The van der Waals surface area contributed by atoms with Crippen molar-refractivity contribution >= 4 is 17.7 Å². The molecular formula is C24H31N5O4. The molecule has 0 aliphatic carbocycles. The van der Waals surface area contributed by atoms with Crippen molar-refractivity contribution in [1.82, 2.24) is 25.3 Å². The minimum absolute atomic E-state index is 0.00255. The molecule has 176 valence electrons. The number of hydrogen-bond donors (Lipinski definition) is 2. The molecular weight excluding hydrogens is 422 g/mol. The van der Waals surface area contributed by atoms with E-state index in [1.54, 1.807) is 41.0 Å². The normalized spacial score (nSPS) is 19.6. The van der Waals surface area contributed by atoms with E-state index in [0.29, 0.717) is 62.6 Å². The predicted molar refractivity (Wildman–Crippen MR) is 122 cm³/mol. The number of nitrogens with one attached hydrogen (secondary N) is 2. The van der Waals surface area contributed by atoms with Crippen LogP contribution in [0.25, 0.3) is 0 Å². The number of para-hydroxylation sites is 1. The number of likely N-dealkylation sites (tertiary alicyclic amines) is 1. The molecule has 1 aromatic heterocycles. The van der Waals surface area contributed by atoms with Crippen molar-refractivity contribution in [2.45, 2.75) is 32.1 Å². The van der Waals surface area contributed by atoms with Gasteiger partial charge in [-0.2, -0.15) is 5.10 Å². The summed E-state index contributed by atoms with van der Waals surface area (Å²) in [7, 11) is 1.75. The second-order valence-corrected chi connectivity index (χ2v) is 8.73. The van der Waals surface area contributed by atoms with Gasteiger partial charge in [-0.1, -0.05) is 12.1 Å². The van der Waals surface area contributed by atoms with Gasteiger partial charge in [-0.25, -0.2) is 0 Å². The van der Waals surface area contributed by atoms with E-state index in [-0.39, 0.29) is 17.7 Å². The highest BCUT2D eigenvalue weighted by Gasteiger charge is 2.42. The predicted octanol–water partition coefficient (Wildman–Crippen LogP) is 1.75.